The highest BCUT2D eigenvalue weighted by molar-refractivity contribution is 7.91. The van der Waals surface area contributed by atoms with Gasteiger partial charge in [-0.2, -0.15) is 0 Å². The number of pyridine rings is 1. The summed E-state index contributed by atoms with van der Waals surface area (Å²) in [7, 11) is -3.89. The quantitative estimate of drug-likeness (QED) is 0.116. The van der Waals surface area contributed by atoms with Crippen LogP contribution < -0.4 is 20.1 Å². The molecule has 6 atom stereocenters. The number of aliphatic hydroxyl groups is 1. The molecule has 4 aromatic rings. The van der Waals surface area contributed by atoms with Gasteiger partial charge in [0.2, 0.25) is 15.9 Å². The highest BCUT2D eigenvalue weighted by atomic mass is 35.5. The molecule has 3 heterocycles. The zero-order chi connectivity index (χ0) is 42.8. The molecule has 13 nitrogen and oxygen atoms in total. The number of aliphatic hydroxyl groups excluding tert-OH is 1. The lowest BCUT2D eigenvalue weighted by atomic mass is 9.85. The Bertz CT molecular complexity index is 2370. The smallest absolute Gasteiger partial charge is 0.408 e. The van der Waals surface area contributed by atoms with Crippen molar-refractivity contribution in [1.82, 2.24) is 25.2 Å². The second kappa shape index (κ2) is 15.8. The van der Waals surface area contributed by atoms with Gasteiger partial charge in [-0.1, -0.05) is 82.6 Å². The standard InChI is InChI=1S/C43H54ClN5O8S2/c1-23(2)27-21-43(27,39(52)48-59(54,55)26-17-18-26)47-37(50)30-19-25(22-49(30)38(51)36(41(3,4)5)46-40(53)57-42(6,7)8)56-31-20-29(24-13-10-9-11-14-24)45-34-33-28(44)15-12-16-32(33)58-35(31)34/h9-16,20,23,25-27,30,36,38,51H,17-19,21-22H2,1-8H3,(H,46,53)(H,47,50)(H,48,52). The first-order valence-electron chi connectivity index (χ1n) is 20.1. The number of benzene rings is 2. The van der Waals surface area contributed by atoms with Crippen LogP contribution in [0.2, 0.25) is 5.02 Å². The van der Waals surface area contributed by atoms with E-state index in [1.165, 1.54) is 11.3 Å². The Morgan fingerprint density at radius 1 is 1.03 bits per heavy atom. The van der Waals surface area contributed by atoms with E-state index in [9.17, 15) is 27.9 Å². The number of ether oxygens (including phenoxy) is 2. The molecule has 2 aliphatic carbocycles. The van der Waals surface area contributed by atoms with Gasteiger partial charge in [0.05, 0.1) is 38.3 Å². The molecule has 318 valence electrons. The number of hydrogen-bond donors (Lipinski definition) is 4. The van der Waals surface area contributed by atoms with Gasteiger partial charge in [0, 0.05) is 34.7 Å². The summed E-state index contributed by atoms with van der Waals surface area (Å²) < 4.78 is 42.2. The third kappa shape index (κ3) is 9.05. The first kappa shape index (κ1) is 43.1. The van der Waals surface area contributed by atoms with Crippen LogP contribution in [0.25, 0.3) is 31.6 Å². The fourth-order valence-electron chi connectivity index (χ4n) is 8.09. The minimum absolute atomic E-state index is 0.0444. The molecule has 3 aliphatic rings. The topological polar surface area (TPSA) is 176 Å². The molecule has 2 aromatic carbocycles. The van der Waals surface area contributed by atoms with E-state index in [4.69, 9.17) is 26.1 Å². The Morgan fingerprint density at radius 2 is 1.73 bits per heavy atom. The van der Waals surface area contributed by atoms with Gasteiger partial charge in [0.15, 0.2) is 0 Å². The van der Waals surface area contributed by atoms with Crippen molar-refractivity contribution in [3.05, 3.63) is 59.6 Å². The molecule has 2 saturated carbocycles. The molecule has 0 spiro atoms. The lowest BCUT2D eigenvalue weighted by Crippen LogP contribution is -2.62. The minimum atomic E-state index is -3.89. The van der Waals surface area contributed by atoms with Crippen LogP contribution in [0.15, 0.2) is 54.6 Å². The highest BCUT2D eigenvalue weighted by Gasteiger charge is 2.64. The van der Waals surface area contributed by atoms with E-state index in [1.54, 1.807) is 25.7 Å². The van der Waals surface area contributed by atoms with E-state index >= 15 is 0 Å². The van der Waals surface area contributed by atoms with Crippen molar-refractivity contribution in [1.29, 1.82) is 0 Å². The number of thiophene rings is 1. The summed E-state index contributed by atoms with van der Waals surface area (Å²) in [5.41, 5.74) is -0.798. The number of hydrogen-bond acceptors (Lipinski definition) is 11. The molecule has 4 N–H and O–H groups in total. The molecule has 0 radical (unpaired) electrons. The molecular formula is C43H54ClN5O8S2. The zero-order valence-electron chi connectivity index (χ0n) is 34.7. The summed E-state index contributed by atoms with van der Waals surface area (Å²) in [5.74, 6) is -1.17. The number of halogens is 1. The Labute approximate surface area is 354 Å². The number of sulfonamides is 1. The van der Waals surface area contributed by atoms with Crippen LogP contribution in [0.1, 0.15) is 81.1 Å². The van der Waals surface area contributed by atoms with E-state index in [0.29, 0.717) is 34.8 Å². The molecule has 6 unspecified atom stereocenters. The average molecular weight is 869 g/mol. The van der Waals surface area contributed by atoms with Crippen LogP contribution in [-0.2, 0) is 24.3 Å². The van der Waals surface area contributed by atoms with Gasteiger partial charge in [-0.25, -0.2) is 18.2 Å². The first-order chi connectivity index (χ1) is 27.6. The van der Waals surface area contributed by atoms with Crippen molar-refractivity contribution >= 4 is 71.2 Å². The van der Waals surface area contributed by atoms with Crippen molar-refractivity contribution in [2.24, 2.45) is 17.3 Å². The number of alkyl carbamates (subject to hydrolysis) is 1. The van der Waals surface area contributed by atoms with Crippen molar-refractivity contribution in [3.8, 4) is 17.0 Å². The molecule has 0 bridgehead atoms. The Morgan fingerprint density at radius 3 is 2.34 bits per heavy atom. The SMILES string of the molecule is CC(C)C1CC1(NC(=O)C1CC(Oc2cc(-c3ccccc3)nc3c2sc2cccc(Cl)c23)CN1C(O)C(NC(=O)OC(C)(C)C)C(C)(C)C)C(=O)NS(=O)(=O)C1CC1. The number of carbonyl (C=O) groups excluding carboxylic acids is 3. The average Bonchev–Trinajstić information content (AvgIpc) is 4.05. The minimum Gasteiger partial charge on any atom is -0.487 e. The van der Waals surface area contributed by atoms with Gasteiger partial charge in [0.1, 0.15) is 29.2 Å². The molecular weight excluding hydrogens is 814 g/mol. The molecule has 2 aromatic heterocycles. The lowest BCUT2D eigenvalue weighted by Gasteiger charge is -2.41. The third-order valence-corrected chi connectivity index (χ3v) is 14.6. The summed E-state index contributed by atoms with van der Waals surface area (Å²) in [6, 6.07) is 15.2. The second-order valence-corrected chi connectivity index (χ2v) is 22.0. The van der Waals surface area contributed by atoms with Crippen LogP contribution in [-0.4, -0.2) is 88.7 Å². The number of rotatable bonds is 12. The lowest BCUT2D eigenvalue weighted by molar-refractivity contribution is -0.136. The number of nitrogens with zero attached hydrogens (tertiary/aromatic N) is 2. The normalized spacial score (nSPS) is 23.5. The summed E-state index contributed by atoms with van der Waals surface area (Å²) in [5, 5.41) is 18.9. The summed E-state index contributed by atoms with van der Waals surface area (Å²) in [6.07, 6.45) is -1.52. The fraction of sp³-hybridized carbons (Fsp3) is 0.535. The molecule has 16 heteroatoms. The molecule has 1 saturated heterocycles. The van der Waals surface area contributed by atoms with E-state index in [0.717, 1.165) is 20.3 Å². The van der Waals surface area contributed by atoms with E-state index in [-0.39, 0.29) is 31.2 Å². The number of likely N-dealkylation sites (tertiary alicyclic amines) is 1. The molecule has 3 fully saturated rings. The number of aromatic nitrogens is 1. The first-order valence-corrected chi connectivity index (χ1v) is 22.9. The fourth-order valence-corrected chi connectivity index (χ4v) is 10.9. The van der Waals surface area contributed by atoms with Crippen molar-refractivity contribution < 1.29 is 37.4 Å². The second-order valence-electron chi connectivity index (χ2n) is 18.5. The molecule has 59 heavy (non-hydrogen) atoms. The van der Waals surface area contributed by atoms with E-state index in [1.807, 2.05) is 89.2 Å². The van der Waals surface area contributed by atoms with E-state index < -0.39 is 74.2 Å². The predicted molar refractivity (Wildman–Crippen MR) is 230 cm³/mol. The van der Waals surface area contributed by atoms with Gasteiger partial charge in [-0.15, -0.1) is 11.3 Å². The van der Waals surface area contributed by atoms with Gasteiger partial charge >= 0.3 is 6.09 Å². The largest absolute Gasteiger partial charge is 0.487 e. The van der Waals surface area contributed by atoms with Crippen LogP contribution in [0.4, 0.5) is 4.79 Å². The number of nitrogens with one attached hydrogen (secondary N) is 3. The maximum atomic E-state index is 14.7. The zero-order valence-corrected chi connectivity index (χ0v) is 37.1. The van der Waals surface area contributed by atoms with Gasteiger partial charge < -0.3 is 25.2 Å². The summed E-state index contributed by atoms with van der Waals surface area (Å²) in [4.78, 5) is 48.4. The van der Waals surface area contributed by atoms with Gasteiger partial charge in [-0.05, 0) is 69.4 Å². The maximum Gasteiger partial charge on any atom is 0.408 e. The highest BCUT2D eigenvalue weighted by Crippen LogP contribution is 2.50. The summed E-state index contributed by atoms with van der Waals surface area (Å²) >= 11 is 8.24. The Hall–Kier alpha value is -4.02. The van der Waals surface area contributed by atoms with Crippen LogP contribution in [0.3, 0.4) is 0 Å². The van der Waals surface area contributed by atoms with Crippen molar-refractivity contribution in [2.45, 2.75) is 122 Å². The molecule has 3 amide bonds. The van der Waals surface area contributed by atoms with Crippen LogP contribution in [0.5, 0.6) is 5.75 Å². The van der Waals surface area contributed by atoms with Crippen LogP contribution >= 0.6 is 22.9 Å². The van der Waals surface area contributed by atoms with Gasteiger partial charge in [-0.3, -0.25) is 19.2 Å². The number of carbonyl (C=O) groups is 3. The number of amides is 3. The Kier molecular flexibility index (Phi) is 11.5. The monoisotopic (exact) mass is 867 g/mol. The van der Waals surface area contributed by atoms with Gasteiger partial charge in [0.25, 0.3) is 5.91 Å². The Balaban J connectivity index is 1.25. The molecule has 1 aliphatic heterocycles. The maximum absolute atomic E-state index is 14.7. The third-order valence-electron chi connectivity index (χ3n) is 11.3. The number of fused-ring (bicyclic) bond motifs is 3. The van der Waals surface area contributed by atoms with Crippen LogP contribution in [0, 0.1) is 17.3 Å². The summed E-state index contributed by atoms with van der Waals surface area (Å²) in [6.45, 7) is 14.7. The van der Waals surface area contributed by atoms with Crippen molar-refractivity contribution in [2.75, 3.05) is 6.54 Å². The van der Waals surface area contributed by atoms with E-state index in [2.05, 4.69) is 15.4 Å². The predicted octanol–water partition coefficient (Wildman–Crippen LogP) is 6.99. The van der Waals surface area contributed by atoms with Crippen molar-refractivity contribution in [3.63, 3.8) is 0 Å². The molecule has 7 rings (SSSR count).